The summed E-state index contributed by atoms with van der Waals surface area (Å²) in [4.78, 5) is 7.92. The van der Waals surface area contributed by atoms with Crippen molar-refractivity contribution in [2.75, 3.05) is 11.1 Å². The molecule has 1 aromatic carbocycles. The van der Waals surface area contributed by atoms with Gasteiger partial charge in [0.15, 0.2) is 0 Å². The van der Waals surface area contributed by atoms with E-state index in [2.05, 4.69) is 47.1 Å². The van der Waals surface area contributed by atoms with Crippen LogP contribution in [0.3, 0.4) is 0 Å². The Balaban J connectivity index is 2.40. The molecule has 0 fully saturated rings. The Morgan fingerprint density at radius 2 is 2.00 bits per heavy atom. The van der Waals surface area contributed by atoms with Gasteiger partial charge in [-0.25, -0.2) is 14.4 Å². The first-order valence-electron chi connectivity index (χ1n) is 4.97. The lowest BCUT2D eigenvalue weighted by Crippen LogP contribution is -2.01. The Bertz CT molecular complexity index is 604. The van der Waals surface area contributed by atoms with E-state index < -0.39 is 0 Å². The molecule has 0 unspecified atom stereocenters. The SMILES string of the molecule is Cc1cc(F)c(Br)cc1Nc1ncnc(N)c1Br. The lowest BCUT2D eigenvalue weighted by molar-refractivity contribution is 0.620. The Labute approximate surface area is 120 Å². The molecule has 1 aromatic heterocycles. The van der Waals surface area contributed by atoms with E-state index in [1.54, 1.807) is 13.0 Å². The molecular formula is C11H9Br2FN4. The number of nitrogens with two attached hydrogens (primary N) is 1. The predicted octanol–water partition coefficient (Wildman–Crippen LogP) is 3.77. The average Bonchev–Trinajstić information content (AvgIpc) is 2.32. The van der Waals surface area contributed by atoms with Crippen molar-refractivity contribution in [3.8, 4) is 0 Å². The molecule has 0 atom stereocenters. The van der Waals surface area contributed by atoms with Gasteiger partial charge in [-0.05, 0) is 56.5 Å². The van der Waals surface area contributed by atoms with Crippen molar-refractivity contribution in [3.05, 3.63) is 38.8 Å². The first kappa shape index (κ1) is 13.2. The molecule has 2 rings (SSSR count). The van der Waals surface area contributed by atoms with E-state index in [9.17, 15) is 4.39 Å². The van der Waals surface area contributed by atoms with E-state index in [4.69, 9.17) is 5.73 Å². The predicted molar refractivity (Wildman–Crippen MR) is 76.3 cm³/mol. The maximum atomic E-state index is 13.3. The van der Waals surface area contributed by atoms with E-state index in [1.165, 1.54) is 12.4 Å². The van der Waals surface area contributed by atoms with E-state index in [-0.39, 0.29) is 5.82 Å². The summed E-state index contributed by atoms with van der Waals surface area (Å²) >= 11 is 6.44. The molecule has 0 radical (unpaired) electrons. The number of nitrogens with zero attached hydrogens (tertiary/aromatic N) is 2. The van der Waals surface area contributed by atoms with Crippen molar-refractivity contribution >= 4 is 49.2 Å². The Kier molecular flexibility index (Phi) is 3.82. The minimum atomic E-state index is -0.306. The van der Waals surface area contributed by atoms with Crippen molar-refractivity contribution in [2.24, 2.45) is 0 Å². The van der Waals surface area contributed by atoms with Crippen LogP contribution in [-0.4, -0.2) is 9.97 Å². The number of aromatic nitrogens is 2. The standard InChI is InChI=1S/C11H9Br2FN4/c1-5-2-7(14)6(12)3-8(5)18-11-9(13)10(15)16-4-17-11/h2-4H,1H3,(H3,15,16,17,18). The van der Waals surface area contributed by atoms with Gasteiger partial charge in [0, 0.05) is 5.69 Å². The van der Waals surface area contributed by atoms with Crippen LogP contribution in [0.1, 0.15) is 5.56 Å². The third-order valence-corrected chi connectivity index (χ3v) is 3.73. The molecular weight excluding hydrogens is 367 g/mol. The van der Waals surface area contributed by atoms with Gasteiger partial charge in [0.1, 0.15) is 28.3 Å². The van der Waals surface area contributed by atoms with Crippen LogP contribution in [0.15, 0.2) is 27.4 Å². The molecule has 2 aromatic rings. The van der Waals surface area contributed by atoms with Gasteiger partial charge in [0.25, 0.3) is 0 Å². The molecule has 0 aliphatic heterocycles. The van der Waals surface area contributed by atoms with Gasteiger partial charge in [-0.3, -0.25) is 0 Å². The third-order valence-electron chi connectivity index (χ3n) is 2.34. The molecule has 0 amide bonds. The lowest BCUT2D eigenvalue weighted by Gasteiger charge is -2.11. The highest BCUT2D eigenvalue weighted by molar-refractivity contribution is 9.11. The molecule has 3 N–H and O–H groups in total. The summed E-state index contributed by atoms with van der Waals surface area (Å²) in [7, 11) is 0. The topological polar surface area (TPSA) is 63.8 Å². The molecule has 94 valence electrons. The molecule has 0 bridgehead atoms. The molecule has 18 heavy (non-hydrogen) atoms. The van der Waals surface area contributed by atoms with Gasteiger partial charge in [-0.15, -0.1) is 0 Å². The van der Waals surface area contributed by atoms with Crippen LogP contribution >= 0.6 is 31.9 Å². The summed E-state index contributed by atoms with van der Waals surface area (Å²) in [5.74, 6) is 0.565. The monoisotopic (exact) mass is 374 g/mol. The van der Waals surface area contributed by atoms with E-state index >= 15 is 0 Å². The summed E-state index contributed by atoms with van der Waals surface area (Å²) < 4.78 is 14.3. The Morgan fingerprint density at radius 1 is 1.28 bits per heavy atom. The highest BCUT2D eigenvalue weighted by Gasteiger charge is 2.09. The summed E-state index contributed by atoms with van der Waals surface area (Å²) in [6.45, 7) is 1.80. The molecule has 1 heterocycles. The van der Waals surface area contributed by atoms with Crippen LogP contribution in [0.4, 0.5) is 21.7 Å². The van der Waals surface area contributed by atoms with E-state index in [1.807, 2.05) is 0 Å². The van der Waals surface area contributed by atoms with E-state index in [0.29, 0.717) is 20.6 Å². The first-order chi connectivity index (χ1) is 8.49. The summed E-state index contributed by atoms with van der Waals surface area (Å²) in [5.41, 5.74) is 7.16. The molecule has 4 nitrogen and oxygen atoms in total. The van der Waals surface area contributed by atoms with Crippen LogP contribution in [0.2, 0.25) is 0 Å². The fourth-order valence-electron chi connectivity index (χ4n) is 1.38. The number of halogens is 3. The average molecular weight is 376 g/mol. The second-order valence-electron chi connectivity index (χ2n) is 3.63. The smallest absolute Gasteiger partial charge is 0.150 e. The summed E-state index contributed by atoms with van der Waals surface area (Å²) in [5, 5.41) is 3.07. The minimum absolute atomic E-state index is 0.306. The normalized spacial score (nSPS) is 10.4. The zero-order valence-electron chi connectivity index (χ0n) is 9.34. The molecule has 0 saturated carbocycles. The number of hydrogen-bond donors (Lipinski definition) is 2. The van der Waals surface area contributed by atoms with Crippen LogP contribution in [-0.2, 0) is 0 Å². The van der Waals surface area contributed by atoms with Crippen molar-refractivity contribution in [2.45, 2.75) is 6.92 Å². The quantitative estimate of drug-likeness (QED) is 0.838. The van der Waals surface area contributed by atoms with Crippen LogP contribution < -0.4 is 11.1 Å². The van der Waals surface area contributed by atoms with Crippen molar-refractivity contribution in [3.63, 3.8) is 0 Å². The highest BCUT2D eigenvalue weighted by Crippen LogP contribution is 2.30. The molecule has 7 heteroatoms. The van der Waals surface area contributed by atoms with Crippen LogP contribution in [0, 0.1) is 12.7 Å². The number of nitrogen functional groups attached to an aromatic ring is 1. The zero-order valence-corrected chi connectivity index (χ0v) is 12.5. The van der Waals surface area contributed by atoms with Crippen molar-refractivity contribution in [1.82, 2.24) is 9.97 Å². The largest absolute Gasteiger partial charge is 0.383 e. The van der Waals surface area contributed by atoms with Gasteiger partial charge in [0.2, 0.25) is 0 Å². The number of anilines is 3. The molecule has 0 aliphatic rings. The maximum absolute atomic E-state index is 13.3. The minimum Gasteiger partial charge on any atom is -0.383 e. The fraction of sp³-hybridized carbons (Fsp3) is 0.0909. The lowest BCUT2D eigenvalue weighted by atomic mass is 10.2. The van der Waals surface area contributed by atoms with Crippen molar-refractivity contribution < 1.29 is 4.39 Å². The molecule has 0 spiro atoms. The van der Waals surface area contributed by atoms with Crippen LogP contribution in [0.25, 0.3) is 0 Å². The fourth-order valence-corrected chi connectivity index (χ4v) is 2.03. The van der Waals surface area contributed by atoms with Gasteiger partial charge in [0.05, 0.1) is 4.47 Å². The highest BCUT2D eigenvalue weighted by atomic mass is 79.9. The van der Waals surface area contributed by atoms with Gasteiger partial charge in [-0.1, -0.05) is 0 Å². The van der Waals surface area contributed by atoms with Crippen molar-refractivity contribution in [1.29, 1.82) is 0 Å². The van der Waals surface area contributed by atoms with Gasteiger partial charge >= 0.3 is 0 Å². The summed E-state index contributed by atoms with van der Waals surface area (Å²) in [6, 6.07) is 3.08. The third kappa shape index (κ3) is 2.62. The van der Waals surface area contributed by atoms with Gasteiger partial charge in [-0.2, -0.15) is 0 Å². The second kappa shape index (κ2) is 5.19. The number of benzene rings is 1. The van der Waals surface area contributed by atoms with Gasteiger partial charge < -0.3 is 11.1 Å². The number of aryl methyl sites for hydroxylation is 1. The first-order valence-corrected chi connectivity index (χ1v) is 6.56. The maximum Gasteiger partial charge on any atom is 0.150 e. The number of nitrogens with one attached hydrogen (secondary N) is 1. The zero-order chi connectivity index (χ0) is 13.3. The number of rotatable bonds is 2. The second-order valence-corrected chi connectivity index (χ2v) is 5.28. The van der Waals surface area contributed by atoms with E-state index in [0.717, 1.165) is 11.3 Å². The van der Waals surface area contributed by atoms with Crippen LogP contribution in [0.5, 0.6) is 0 Å². The number of hydrogen-bond acceptors (Lipinski definition) is 4. The molecule has 0 saturated heterocycles. The Hall–Kier alpha value is -1.21. The molecule has 0 aliphatic carbocycles. The Morgan fingerprint density at radius 3 is 2.72 bits per heavy atom. The summed E-state index contributed by atoms with van der Waals surface area (Å²) in [6.07, 6.45) is 1.36.